The average Bonchev–Trinajstić information content (AvgIpc) is 1.91. The number of ketones is 2. The number of ether oxygens (including phenoxy) is 8. The van der Waals surface area contributed by atoms with Gasteiger partial charge in [0.15, 0.2) is 26.4 Å². The lowest BCUT2D eigenvalue weighted by atomic mass is 9.81. The lowest BCUT2D eigenvalue weighted by Crippen LogP contribution is -2.55. The first-order valence-corrected chi connectivity index (χ1v) is 32.4. The first-order chi connectivity index (χ1) is 41.5. The molecule has 4 amide bonds. The Morgan fingerprint density at radius 3 is 1.86 bits per heavy atom. The minimum absolute atomic E-state index is 0.0654. The molecule has 24 nitrogen and oxygen atoms in total. The highest BCUT2D eigenvalue weighted by Crippen LogP contribution is 2.35. The van der Waals surface area contributed by atoms with Gasteiger partial charge in [-0.1, -0.05) is 71.4 Å². The molecule has 0 unspecified atom stereocenters. The van der Waals surface area contributed by atoms with E-state index in [1.54, 1.807) is 59.9 Å². The standard InChI is InChI=1S/C62H98N6O18S/c1-11-44(4)57(52(79-8)40-56(72)67-24-15-20-50(67)58(80-9)45(5)59(73)65-48(61(75)76)38-46-18-13-12-14-19-46)66(7)60(74)47(43(2)3)39-53(70)62(6)23-17-25-68(62)55(71)22-27-82-29-31-84-33-35-86-37-36-85-34-32-83-30-28-81-26-16-21-51(69)49-41-64-54(42-63-49)87(10,77)78/h12-14,18-19,41-45,47-48,50,52,57-58H,11,15-17,20-40H2,1-10H3,(H,65,73)(H,75,76)/t44-,45+,47-,48-,50-,52+,57-,58+,62-/m0/s1. The number of nitrogens with one attached hydrogen (secondary N) is 1. The average molecular weight is 1250 g/mol. The molecule has 0 saturated carbocycles. The van der Waals surface area contributed by atoms with Crippen molar-refractivity contribution in [3.8, 4) is 0 Å². The second-order valence-electron chi connectivity index (χ2n) is 23.0. The predicted octanol–water partition coefficient (Wildman–Crippen LogP) is 4.68. The predicted molar refractivity (Wildman–Crippen MR) is 321 cm³/mol. The number of likely N-dealkylation sites (N-methyl/N-ethyl adjacent to an activating group) is 1. The number of carbonyl (C=O) groups excluding carboxylic acids is 6. The molecule has 2 fully saturated rings. The number of likely N-dealkylation sites (tertiary alicyclic amines) is 2. The van der Waals surface area contributed by atoms with Crippen molar-refractivity contribution in [3.05, 3.63) is 54.0 Å². The van der Waals surface area contributed by atoms with Crippen molar-refractivity contribution in [2.75, 3.05) is 120 Å². The number of rotatable bonds is 44. The molecule has 2 aliphatic heterocycles. The molecule has 0 bridgehead atoms. The van der Waals surface area contributed by atoms with Crippen LogP contribution in [0, 0.1) is 23.7 Å². The number of methoxy groups -OCH3 is 2. The summed E-state index contributed by atoms with van der Waals surface area (Å²) in [6.45, 7) is 16.1. The zero-order valence-electron chi connectivity index (χ0n) is 52.9. The number of aromatic nitrogens is 2. The quantitative estimate of drug-likeness (QED) is 0.0672. The number of hydrogen-bond acceptors (Lipinski definition) is 19. The van der Waals surface area contributed by atoms with Crippen LogP contribution in [0.15, 0.2) is 47.8 Å². The summed E-state index contributed by atoms with van der Waals surface area (Å²) in [7, 11) is 1.22. The molecule has 2 aliphatic rings. The zero-order valence-corrected chi connectivity index (χ0v) is 53.8. The molecule has 25 heteroatoms. The molecule has 2 saturated heterocycles. The van der Waals surface area contributed by atoms with Gasteiger partial charge < -0.3 is 63.0 Å². The van der Waals surface area contributed by atoms with Gasteiger partial charge in [-0.3, -0.25) is 28.8 Å². The minimum Gasteiger partial charge on any atom is -0.480 e. The summed E-state index contributed by atoms with van der Waals surface area (Å²) in [5.41, 5.74) is -0.233. The molecule has 0 spiro atoms. The van der Waals surface area contributed by atoms with Crippen LogP contribution >= 0.6 is 0 Å². The molecule has 1 aromatic carbocycles. The van der Waals surface area contributed by atoms with Crippen LogP contribution in [0.4, 0.5) is 0 Å². The van der Waals surface area contributed by atoms with Crippen molar-refractivity contribution in [2.24, 2.45) is 23.7 Å². The van der Waals surface area contributed by atoms with E-state index in [0.29, 0.717) is 118 Å². The van der Waals surface area contributed by atoms with Crippen LogP contribution in [0.3, 0.4) is 0 Å². The lowest BCUT2D eigenvalue weighted by Gasteiger charge is -2.41. The fourth-order valence-corrected chi connectivity index (χ4v) is 11.7. The van der Waals surface area contributed by atoms with Gasteiger partial charge in [0.1, 0.15) is 11.7 Å². The number of carboxylic acids is 1. The van der Waals surface area contributed by atoms with E-state index in [-0.39, 0.29) is 97.2 Å². The van der Waals surface area contributed by atoms with Crippen molar-refractivity contribution in [3.63, 3.8) is 0 Å². The molecule has 4 rings (SSSR count). The largest absolute Gasteiger partial charge is 0.480 e. The van der Waals surface area contributed by atoms with Crippen molar-refractivity contribution in [1.29, 1.82) is 0 Å². The maximum atomic E-state index is 14.8. The number of Topliss-reactive ketones (excluding diaryl/α,β-unsaturated/α-hetero) is 2. The Balaban J connectivity index is 1.14. The molecular formula is C62H98N6O18S. The molecule has 0 aliphatic carbocycles. The highest BCUT2D eigenvalue weighted by molar-refractivity contribution is 7.90. The Morgan fingerprint density at radius 2 is 1.34 bits per heavy atom. The molecule has 490 valence electrons. The summed E-state index contributed by atoms with van der Waals surface area (Å²) < 4.78 is 68.4. The number of amides is 4. The molecular weight excluding hydrogens is 1150 g/mol. The summed E-state index contributed by atoms with van der Waals surface area (Å²) in [5.74, 6) is -4.65. The van der Waals surface area contributed by atoms with Crippen LogP contribution in [0.2, 0.25) is 0 Å². The number of hydrogen-bond donors (Lipinski definition) is 2. The van der Waals surface area contributed by atoms with Gasteiger partial charge in [0, 0.05) is 72.4 Å². The third-order valence-electron chi connectivity index (χ3n) is 16.5. The fraction of sp³-hybridized carbons (Fsp3) is 0.726. The zero-order chi connectivity index (χ0) is 64.1. The van der Waals surface area contributed by atoms with Gasteiger partial charge in [-0.2, -0.15) is 0 Å². The van der Waals surface area contributed by atoms with E-state index in [2.05, 4.69) is 15.3 Å². The molecule has 2 aromatic rings. The van der Waals surface area contributed by atoms with E-state index >= 15 is 0 Å². The van der Waals surface area contributed by atoms with Gasteiger partial charge in [0.2, 0.25) is 23.6 Å². The van der Waals surface area contributed by atoms with Gasteiger partial charge in [-0.25, -0.2) is 23.2 Å². The van der Waals surface area contributed by atoms with E-state index in [0.717, 1.165) is 24.2 Å². The monoisotopic (exact) mass is 1250 g/mol. The fourth-order valence-electron chi connectivity index (χ4n) is 11.2. The van der Waals surface area contributed by atoms with E-state index in [1.807, 2.05) is 33.8 Å². The van der Waals surface area contributed by atoms with Gasteiger partial charge >= 0.3 is 5.97 Å². The normalized spacial score (nSPS) is 18.6. The third kappa shape index (κ3) is 23.5. The van der Waals surface area contributed by atoms with Crippen molar-refractivity contribution in [1.82, 2.24) is 30.0 Å². The van der Waals surface area contributed by atoms with Crippen LogP contribution in [-0.4, -0.2) is 235 Å². The van der Waals surface area contributed by atoms with E-state index < -0.39 is 69.4 Å². The summed E-state index contributed by atoms with van der Waals surface area (Å²) >= 11 is 0. The molecule has 9 atom stereocenters. The minimum atomic E-state index is -3.49. The second kappa shape index (κ2) is 38.2. The summed E-state index contributed by atoms with van der Waals surface area (Å²) in [4.78, 5) is 108. The van der Waals surface area contributed by atoms with Gasteiger partial charge in [-0.15, -0.1) is 0 Å². The van der Waals surface area contributed by atoms with Crippen LogP contribution in [0.25, 0.3) is 0 Å². The van der Waals surface area contributed by atoms with Crippen LogP contribution in [-0.2, 0) is 82.9 Å². The topological polar surface area (TPSA) is 295 Å². The van der Waals surface area contributed by atoms with Gasteiger partial charge in [0.25, 0.3) is 0 Å². The van der Waals surface area contributed by atoms with Crippen molar-refractivity contribution in [2.45, 2.75) is 153 Å². The first-order valence-electron chi connectivity index (χ1n) is 30.5. The Hall–Kier alpha value is -5.38. The van der Waals surface area contributed by atoms with E-state index in [1.165, 1.54) is 14.2 Å². The molecule has 0 radical (unpaired) electrons. The van der Waals surface area contributed by atoms with Crippen molar-refractivity contribution < 1.29 is 85.0 Å². The molecule has 3 heterocycles. The SMILES string of the molecule is CC[C@H](C)[C@@H]([C@@H](CC(=O)N1CCC[C@H]1[C@H](OC)[C@@H](C)C(=O)N[C@@H](Cc1ccccc1)C(=O)O)OC)N(C)C(=O)[C@@H](CC(=O)[C@]1(C)CCCN1C(=O)CCOCCOCCOCCOCCOCCOCCCC(=O)c1cnc(S(C)(=O)=O)cn1)C(C)C. The summed E-state index contributed by atoms with van der Waals surface area (Å²) in [5, 5.41) is 12.5. The summed E-state index contributed by atoms with van der Waals surface area (Å²) in [6.07, 6.45) is 5.50. The maximum absolute atomic E-state index is 14.8. The van der Waals surface area contributed by atoms with Crippen LogP contribution < -0.4 is 5.32 Å². The highest BCUT2D eigenvalue weighted by atomic mass is 32.2. The number of nitrogens with zero attached hydrogens (tertiary/aromatic N) is 5. The molecule has 1 aromatic heterocycles. The maximum Gasteiger partial charge on any atom is 0.326 e. The van der Waals surface area contributed by atoms with Gasteiger partial charge in [-0.05, 0) is 56.4 Å². The number of sulfone groups is 1. The second-order valence-corrected chi connectivity index (χ2v) is 25.0. The number of aliphatic carboxylic acids is 1. The first kappa shape index (κ1) is 74.1. The Morgan fingerprint density at radius 1 is 0.759 bits per heavy atom. The van der Waals surface area contributed by atoms with E-state index in [4.69, 9.17) is 37.9 Å². The number of benzene rings is 1. The number of carbonyl (C=O) groups is 7. The Bertz CT molecular complexity index is 2560. The van der Waals surface area contributed by atoms with E-state index in [9.17, 15) is 47.1 Å². The third-order valence-corrected chi connectivity index (χ3v) is 17.5. The number of carboxylic acid groups (broad SMARTS) is 1. The van der Waals surface area contributed by atoms with Crippen LogP contribution in [0.5, 0.6) is 0 Å². The molecule has 2 N–H and O–H groups in total. The summed E-state index contributed by atoms with van der Waals surface area (Å²) in [6, 6.07) is 6.86. The van der Waals surface area contributed by atoms with Crippen LogP contribution in [0.1, 0.15) is 122 Å². The highest BCUT2D eigenvalue weighted by Gasteiger charge is 2.48. The van der Waals surface area contributed by atoms with Gasteiger partial charge in [0.05, 0.1) is 134 Å². The Labute approximate surface area is 514 Å². The Kier molecular flexibility index (Phi) is 32.6. The molecule has 87 heavy (non-hydrogen) atoms. The smallest absolute Gasteiger partial charge is 0.326 e. The lowest BCUT2D eigenvalue weighted by molar-refractivity contribution is -0.151. The van der Waals surface area contributed by atoms with Crippen molar-refractivity contribution >= 4 is 51.0 Å².